The van der Waals surface area contributed by atoms with Gasteiger partial charge in [-0.05, 0) is 24.3 Å². The van der Waals surface area contributed by atoms with Crippen molar-refractivity contribution in [2.24, 2.45) is 0 Å². The van der Waals surface area contributed by atoms with Gasteiger partial charge in [0.1, 0.15) is 5.82 Å². The molecule has 4 rings (SSSR count). The van der Waals surface area contributed by atoms with Gasteiger partial charge in [-0.25, -0.2) is 0 Å². The number of hydrogen-bond acceptors (Lipinski definition) is 4. The second-order valence-corrected chi connectivity index (χ2v) is 5.81. The number of nitrogens with one attached hydrogen (secondary N) is 1. The first-order chi connectivity index (χ1) is 10.8. The second kappa shape index (κ2) is 5.06. The molecule has 0 unspecified atom stereocenters. The molecule has 108 valence electrons. The number of benzene rings is 2. The molecule has 6 heteroatoms. The van der Waals surface area contributed by atoms with Crippen LogP contribution in [0.4, 0.5) is 5.82 Å². The van der Waals surface area contributed by atoms with E-state index in [9.17, 15) is 0 Å². The maximum absolute atomic E-state index is 4.56. The van der Waals surface area contributed by atoms with Crippen LogP contribution >= 0.6 is 15.9 Å². The zero-order valence-corrected chi connectivity index (χ0v) is 13.4. The number of anilines is 1. The van der Waals surface area contributed by atoms with Crippen LogP contribution in [0.1, 0.15) is 0 Å². The Kier molecular flexibility index (Phi) is 3.04. The van der Waals surface area contributed by atoms with Gasteiger partial charge in [0.2, 0.25) is 0 Å². The van der Waals surface area contributed by atoms with Gasteiger partial charge in [0, 0.05) is 22.5 Å². The Hall–Kier alpha value is -2.47. The van der Waals surface area contributed by atoms with Crippen LogP contribution in [0.2, 0.25) is 0 Å². The molecule has 0 atom stereocenters. The summed E-state index contributed by atoms with van der Waals surface area (Å²) in [6.45, 7) is 0. The fourth-order valence-corrected chi connectivity index (χ4v) is 3.00. The maximum atomic E-state index is 4.56. The molecule has 0 amide bonds. The van der Waals surface area contributed by atoms with Crippen LogP contribution in [0.3, 0.4) is 0 Å². The Bertz CT molecular complexity index is 992. The molecule has 0 saturated heterocycles. The fraction of sp³-hybridized carbons (Fsp3) is 0.0625. The molecule has 0 fully saturated rings. The predicted molar refractivity (Wildman–Crippen MR) is 91.0 cm³/mol. The Labute approximate surface area is 135 Å². The first-order valence-electron chi connectivity index (χ1n) is 6.85. The van der Waals surface area contributed by atoms with E-state index in [0.29, 0.717) is 5.78 Å². The lowest BCUT2D eigenvalue weighted by molar-refractivity contribution is 1.10. The second-order valence-electron chi connectivity index (χ2n) is 4.90. The molecule has 5 nitrogen and oxygen atoms in total. The van der Waals surface area contributed by atoms with Gasteiger partial charge in [-0.3, -0.25) is 4.40 Å². The molecular formula is C16H12BrN5. The molecule has 22 heavy (non-hydrogen) atoms. The van der Waals surface area contributed by atoms with E-state index in [1.807, 2.05) is 53.9 Å². The first kappa shape index (κ1) is 13.2. The molecular weight excluding hydrogens is 342 g/mol. The van der Waals surface area contributed by atoms with E-state index in [2.05, 4.69) is 42.5 Å². The van der Waals surface area contributed by atoms with Gasteiger partial charge in [-0.2, -0.15) is 4.98 Å². The Balaban J connectivity index is 2.12. The summed E-state index contributed by atoms with van der Waals surface area (Å²) >= 11 is 3.50. The van der Waals surface area contributed by atoms with Crippen molar-refractivity contribution in [3.63, 3.8) is 0 Å². The number of fused-ring (bicyclic) bond motifs is 3. The molecule has 0 saturated carbocycles. The van der Waals surface area contributed by atoms with Crippen molar-refractivity contribution in [2.45, 2.75) is 0 Å². The zero-order chi connectivity index (χ0) is 15.1. The monoisotopic (exact) mass is 353 g/mol. The van der Waals surface area contributed by atoms with Crippen molar-refractivity contribution in [3.05, 3.63) is 53.0 Å². The molecule has 2 heterocycles. The van der Waals surface area contributed by atoms with Crippen molar-refractivity contribution in [1.29, 1.82) is 0 Å². The number of para-hydroxylation sites is 1. The summed E-state index contributed by atoms with van der Waals surface area (Å²) in [7, 11) is 1.86. The van der Waals surface area contributed by atoms with Gasteiger partial charge in [-0.15, -0.1) is 10.2 Å². The summed E-state index contributed by atoms with van der Waals surface area (Å²) in [5.74, 6) is 2.16. The highest BCUT2D eigenvalue weighted by Gasteiger charge is 2.14. The lowest BCUT2D eigenvalue weighted by atomic mass is 10.2. The lowest BCUT2D eigenvalue weighted by Gasteiger charge is -2.08. The molecule has 2 aromatic carbocycles. The number of aromatic nitrogens is 4. The number of halogens is 1. The lowest BCUT2D eigenvalue weighted by Crippen LogP contribution is -2.00. The molecule has 0 aliphatic rings. The van der Waals surface area contributed by atoms with E-state index in [-0.39, 0.29) is 0 Å². The Morgan fingerprint density at radius 3 is 2.73 bits per heavy atom. The predicted octanol–water partition coefficient (Wildman–Crippen LogP) is 3.75. The van der Waals surface area contributed by atoms with Crippen LogP contribution in [-0.4, -0.2) is 26.6 Å². The molecule has 1 N–H and O–H groups in total. The Morgan fingerprint density at radius 1 is 1.05 bits per heavy atom. The smallest absolute Gasteiger partial charge is 0.257 e. The normalized spacial score (nSPS) is 11.2. The first-order valence-corrected chi connectivity index (χ1v) is 7.65. The van der Waals surface area contributed by atoms with E-state index < -0.39 is 0 Å². The summed E-state index contributed by atoms with van der Waals surface area (Å²) in [6, 6.07) is 16.1. The minimum Gasteiger partial charge on any atom is -0.372 e. The topological polar surface area (TPSA) is 55.1 Å². The van der Waals surface area contributed by atoms with E-state index in [1.165, 1.54) is 0 Å². The van der Waals surface area contributed by atoms with Crippen LogP contribution in [0.5, 0.6) is 0 Å². The summed E-state index contributed by atoms with van der Waals surface area (Å²) in [6.07, 6.45) is 0. The van der Waals surface area contributed by atoms with Crippen LogP contribution in [-0.2, 0) is 0 Å². The van der Waals surface area contributed by atoms with E-state index >= 15 is 0 Å². The highest BCUT2D eigenvalue weighted by Crippen LogP contribution is 2.27. The molecule has 0 bridgehead atoms. The largest absolute Gasteiger partial charge is 0.372 e. The zero-order valence-electron chi connectivity index (χ0n) is 11.8. The van der Waals surface area contributed by atoms with Gasteiger partial charge in [-0.1, -0.05) is 40.2 Å². The summed E-state index contributed by atoms with van der Waals surface area (Å²) in [4.78, 5) is 4.56. The van der Waals surface area contributed by atoms with Gasteiger partial charge in [0.15, 0.2) is 5.82 Å². The maximum Gasteiger partial charge on any atom is 0.257 e. The highest BCUT2D eigenvalue weighted by molar-refractivity contribution is 9.10. The minimum absolute atomic E-state index is 0.582. The highest BCUT2D eigenvalue weighted by atomic mass is 79.9. The standard InChI is InChI=1S/C16H12BrN5/c1-18-14-12-7-2-3-8-13(12)22-15(20-21-16(22)19-14)10-5-4-6-11(17)9-10/h2-9H,1H3,(H,18,19,21). The van der Waals surface area contributed by atoms with Crippen molar-refractivity contribution in [3.8, 4) is 11.4 Å². The van der Waals surface area contributed by atoms with Crippen LogP contribution in [0.25, 0.3) is 28.1 Å². The SMILES string of the molecule is CNc1nc2nnc(-c3cccc(Br)c3)n2c2ccccc12. The summed E-state index contributed by atoms with van der Waals surface area (Å²) < 4.78 is 2.99. The fourth-order valence-electron chi connectivity index (χ4n) is 2.60. The van der Waals surface area contributed by atoms with Gasteiger partial charge >= 0.3 is 0 Å². The minimum atomic E-state index is 0.582. The number of hydrogen-bond donors (Lipinski definition) is 1. The molecule has 0 aliphatic heterocycles. The van der Waals surface area contributed by atoms with E-state index in [1.54, 1.807) is 0 Å². The van der Waals surface area contributed by atoms with Gasteiger partial charge in [0.05, 0.1) is 5.52 Å². The molecule has 2 aromatic heterocycles. The number of nitrogens with zero attached hydrogens (tertiary/aromatic N) is 4. The van der Waals surface area contributed by atoms with Crippen molar-refractivity contribution in [1.82, 2.24) is 19.6 Å². The number of rotatable bonds is 2. The van der Waals surface area contributed by atoms with Crippen LogP contribution in [0.15, 0.2) is 53.0 Å². The van der Waals surface area contributed by atoms with E-state index in [4.69, 9.17) is 0 Å². The summed E-state index contributed by atoms with van der Waals surface area (Å²) in [5, 5.41) is 12.7. The van der Waals surface area contributed by atoms with E-state index in [0.717, 1.165) is 32.6 Å². The molecule has 0 radical (unpaired) electrons. The molecule has 0 aliphatic carbocycles. The Morgan fingerprint density at radius 2 is 1.91 bits per heavy atom. The van der Waals surface area contributed by atoms with Crippen molar-refractivity contribution >= 4 is 38.4 Å². The third-order valence-corrected chi connectivity index (χ3v) is 4.07. The van der Waals surface area contributed by atoms with Gasteiger partial charge in [0.25, 0.3) is 5.78 Å². The molecule has 4 aromatic rings. The average molecular weight is 354 g/mol. The van der Waals surface area contributed by atoms with Gasteiger partial charge < -0.3 is 5.32 Å². The molecule has 0 spiro atoms. The third-order valence-electron chi connectivity index (χ3n) is 3.58. The van der Waals surface area contributed by atoms with Crippen LogP contribution < -0.4 is 5.32 Å². The summed E-state index contributed by atoms with van der Waals surface area (Å²) in [5.41, 5.74) is 2.02. The quantitative estimate of drug-likeness (QED) is 0.596. The van der Waals surface area contributed by atoms with Crippen molar-refractivity contribution < 1.29 is 0 Å². The average Bonchev–Trinajstić information content (AvgIpc) is 2.98. The third kappa shape index (κ3) is 1.95. The van der Waals surface area contributed by atoms with Crippen molar-refractivity contribution in [2.75, 3.05) is 12.4 Å². The van der Waals surface area contributed by atoms with Crippen LogP contribution in [0, 0.1) is 0 Å².